The van der Waals surface area contributed by atoms with Crippen LogP contribution < -0.4 is 10.5 Å². The Balaban J connectivity index is 2.13. The maximum atomic E-state index is 12.7. The van der Waals surface area contributed by atoms with E-state index >= 15 is 0 Å². The van der Waals surface area contributed by atoms with Gasteiger partial charge in [0, 0.05) is 24.0 Å². The van der Waals surface area contributed by atoms with Gasteiger partial charge >= 0.3 is 6.55 Å². The maximum Gasteiger partial charge on any atom is 0.320 e. The molecule has 0 fully saturated rings. The van der Waals surface area contributed by atoms with Crippen LogP contribution in [0.4, 0.5) is 8.78 Å². The first-order valence-corrected chi connectivity index (χ1v) is 6.40. The molecule has 0 spiro atoms. The van der Waals surface area contributed by atoms with Gasteiger partial charge in [0.25, 0.3) is 0 Å². The SMILES string of the molecule is CCC(N)c1ccccc1OCc1nccn1C(F)F. The number of rotatable bonds is 6. The Morgan fingerprint density at radius 3 is 2.80 bits per heavy atom. The molecule has 1 atom stereocenters. The van der Waals surface area contributed by atoms with Crippen molar-refractivity contribution in [2.45, 2.75) is 32.5 Å². The van der Waals surface area contributed by atoms with Gasteiger partial charge in [-0.3, -0.25) is 4.57 Å². The molecule has 1 unspecified atom stereocenters. The van der Waals surface area contributed by atoms with Gasteiger partial charge in [0.2, 0.25) is 0 Å². The first-order chi connectivity index (χ1) is 9.63. The van der Waals surface area contributed by atoms with Crippen molar-refractivity contribution in [3.05, 3.63) is 48.0 Å². The first kappa shape index (κ1) is 14.5. The molecule has 0 bridgehead atoms. The van der Waals surface area contributed by atoms with E-state index in [-0.39, 0.29) is 18.5 Å². The van der Waals surface area contributed by atoms with E-state index in [4.69, 9.17) is 10.5 Å². The van der Waals surface area contributed by atoms with Crippen LogP contribution in [-0.4, -0.2) is 9.55 Å². The lowest BCUT2D eigenvalue weighted by atomic mass is 10.0. The maximum absolute atomic E-state index is 12.7. The van der Waals surface area contributed by atoms with E-state index in [9.17, 15) is 8.78 Å². The molecule has 0 saturated heterocycles. The van der Waals surface area contributed by atoms with Gasteiger partial charge in [-0.1, -0.05) is 25.1 Å². The van der Waals surface area contributed by atoms with Crippen LogP contribution >= 0.6 is 0 Å². The Labute approximate surface area is 116 Å². The lowest BCUT2D eigenvalue weighted by Crippen LogP contribution is -2.12. The van der Waals surface area contributed by atoms with Crippen LogP contribution in [0, 0.1) is 0 Å². The zero-order chi connectivity index (χ0) is 14.5. The minimum Gasteiger partial charge on any atom is -0.485 e. The van der Waals surface area contributed by atoms with Crippen molar-refractivity contribution < 1.29 is 13.5 Å². The Kier molecular flexibility index (Phi) is 4.68. The minimum atomic E-state index is -2.62. The van der Waals surface area contributed by atoms with Crippen LogP contribution in [-0.2, 0) is 6.61 Å². The highest BCUT2D eigenvalue weighted by Gasteiger charge is 2.14. The number of hydrogen-bond acceptors (Lipinski definition) is 3. The Bertz CT molecular complexity index is 557. The van der Waals surface area contributed by atoms with Gasteiger partial charge in [-0.2, -0.15) is 8.78 Å². The minimum absolute atomic E-state index is 0.0230. The first-order valence-electron chi connectivity index (χ1n) is 6.40. The van der Waals surface area contributed by atoms with Crippen molar-refractivity contribution in [2.75, 3.05) is 0 Å². The Morgan fingerprint density at radius 2 is 2.10 bits per heavy atom. The van der Waals surface area contributed by atoms with Crippen molar-refractivity contribution in [3.63, 3.8) is 0 Å². The number of nitrogens with zero attached hydrogens (tertiary/aromatic N) is 2. The van der Waals surface area contributed by atoms with Crippen molar-refractivity contribution in [1.29, 1.82) is 0 Å². The molecule has 2 aromatic rings. The molecule has 0 aliphatic heterocycles. The highest BCUT2D eigenvalue weighted by atomic mass is 19.3. The molecule has 1 aromatic carbocycles. The molecule has 1 aromatic heterocycles. The molecule has 0 saturated carbocycles. The second-order valence-electron chi connectivity index (χ2n) is 4.37. The van der Waals surface area contributed by atoms with Crippen LogP contribution in [0.2, 0.25) is 0 Å². The topological polar surface area (TPSA) is 53.1 Å². The standard InChI is InChI=1S/C14H17F2N3O/c1-2-11(17)10-5-3-4-6-12(10)20-9-13-18-7-8-19(13)14(15)16/h3-8,11,14H,2,9,17H2,1H3. The fraction of sp³-hybridized carbons (Fsp3) is 0.357. The van der Waals surface area contributed by atoms with Crippen molar-refractivity contribution in [1.82, 2.24) is 9.55 Å². The van der Waals surface area contributed by atoms with E-state index in [1.807, 2.05) is 25.1 Å². The van der Waals surface area contributed by atoms with Gasteiger partial charge < -0.3 is 10.5 Å². The summed E-state index contributed by atoms with van der Waals surface area (Å²) in [7, 11) is 0. The largest absolute Gasteiger partial charge is 0.485 e. The molecule has 108 valence electrons. The molecular formula is C14H17F2N3O. The van der Waals surface area contributed by atoms with E-state index in [0.29, 0.717) is 5.75 Å². The number of para-hydroxylation sites is 1. The van der Waals surface area contributed by atoms with Crippen LogP contribution in [0.5, 0.6) is 5.75 Å². The van der Waals surface area contributed by atoms with Gasteiger partial charge in [-0.25, -0.2) is 4.98 Å². The van der Waals surface area contributed by atoms with Crippen molar-refractivity contribution >= 4 is 0 Å². The number of nitrogens with two attached hydrogens (primary N) is 1. The third kappa shape index (κ3) is 3.14. The van der Waals surface area contributed by atoms with Crippen molar-refractivity contribution in [2.24, 2.45) is 5.73 Å². The van der Waals surface area contributed by atoms with Crippen LogP contribution in [0.15, 0.2) is 36.7 Å². The number of hydrogen-bond donors (Lipinski definition) is 1. The predicted molar refractivity (Wildman–Crippen MR) is 71.5 cm³/mol. The number of alkyl halides is 2. The third-order valence-corrected chi connectivity index (χ3v) is 3.07. The zero-order valence-corrected chi connectivity index (χ0v) is 11.2. The molecule has 0 aliphatic rings. The number of halogens is 2. The van der Waals surface area contributed by atoms with Gasteiger partial charge in [0.05, 0.1) is 0 Å². The average molecular weight is 281 g/mol. The second-order valence-corrected chi connectivity index (χ2v) is 4.37. The van der Waals surface area contributed by atoms with Crippen molar-refractivity contribution in [3.8, 4) is 5.75 Å². The average Bonchev–Trinajstić information content (AvgIpc) is 2.93. The predicted octanol–water partition coefficient (Wildman–Crippen LogP) is 3.27. The summed E-state index contributed by atoms with van der Waals surface area (Å²) in [6.45, 7) is -0.667. The number of imidazole rings is 1. The molecule has 0 aliphatic carbocycles. The highest BCUT2D eigenvalue weighted by molar-refractivity contribution is 5.35. The van der Waals surface area contributed by atoms with Gasteiger partial charge in [0.1, 0.15) is 12.4 Å². The molecule has 2 rings (SSSR count). The molecule has 2 N–H and O–H groups in total. The molecule has 0 radical (unpaired) electrons. The molecule has 6 heteroatoms. The lowest BCUT2D eigenvalue weighted by molar-refractivity contribution is 0.0632. The van der Waals surface area contributed by atoms with E-state index < -0.39 is 6.55 Å². The fourth-order valence-corrected chi connectivity index (χ4v) is 1.91. The lowest BCUT2D eigenvalue weighted by Gasteiger charge is -2.15. The quantitative estimate of drug-likeness (QED) is 0.884. The summed E-state index contributed by atoms with van der Waals surface area (Å²) in [5.41, 5.74) is 6.87. The summed E-state index contributed by atoms with van der Waals surface area (Å²) in [6.07, 6.45) is 3.33. The molecule has 4 nitrogen and oxygen atoms in total. The monoisotopic (exact) mass is 281 g/mol. The van der Waals surface area contributed by atoms with Crippen LogP contribution in [0.3, 0.4) is 0 Å². The molecule has 1 heterocycles. The summed E-state index contributed by atoms with van der Waals surface area (Å²) in [5, 5.41) is 0. The number of ether oxygens (including phenoxy) is 1. The Hall–Kier alpha value is -1.95. The summed E-state index contributed by atoms with van der Waals surface area (Å²) in [6, 6.07) is 7.21. The Morgan fingerprint density at radius 1 is 1.35 bits per heavy atom. The van der Waals surface area contributed by atoms with E-state index in [0.717, 1.165) is 16.6 Å². The van der Waals surface area contributed by atoms with Crippen LogP contribution in [0.1, 0.15) is 37.3 Å². The summed E-state index contributed by atoms with van der Waals surface area (Å²) in [4.78, 5) is 3.87. The number of benzene rings is 1. The highest BCUT2D eigenvalue weighted by Crippen LogP contribution is 2.26. The zero-order valence-electron chi connectivity index (χ0n) is 11.2. The number of aromatic nitrogens is 2. The van der Waals surface area contributed by atoms with Gasteiger partial charge in [-0.15, -0.1) is 0 Å². The normalized spacial score (nSPS) is 12.7. The fourth-order valence-electron chi connectivity index (χ4n) is 1.91. The second kappa shape index (κ2) is 6.47. The molecular weight excluding hydrogens is 264 g/mol. The van der Waals surface area contributed by atoms with Crippen LogP contribution in [0.25, 0.3) is 0 Å². The van der Waals surface area contributed by atoms with Gasteiger partial charge in [-0.05, 0) is 12.5 Å². The van der Waals surface area contributed by atoms with E-state index in [1.54, 1.807) is 6.07 Å². The van der Waals surface area contributed by atoms with E-state index in [1.165, 1.54) is 12.4 Å². The smallest absolute Gasteiger partial charge is 0.320 e. The van der Waals surface area contributed by atoms with E-state index in [2.05, 4.69) is 4.98 Å². The third-order valence-electron chi connectivity index (χ3n) is 3.07. The molecule has 20 heavy (non-hydrogen) atoms. The molecule has 0 amide bonds. The summed E-state index contributed by atoms with van der Waals surface area (Å²) >= 11 is 0. The van der Waals surface area contributed by atoms with Gasteiger partial charge in [0.15, 0.2) is 5.82 Å². The summed E-state index contributed by atoms with van der Waals surface area (Å²) < 4.78 is 31.8. The summed E-state index contributed by atoms with van der Waals surface area (Å²) in [5.74, 6) is 0.783.